The van der Waals surface area contributed by atoms with Crippen LogP contribution in [0.5, 0.6) is 0 Å². The zero-order valence-corrected chi connectivity index (χ0v) is 21.9. The first kappa shape index (κ1) is 27.2. The van der Waals surface area contributed by atoms with Crippen molar-refractivity contribution < 1.29 is 27.2 Å². The van der Waals surface area contributed by atoms with E-state index in [-0.39, 0.29) is 23.4 Å². The molecule has 0 unspecified atom stereocenters. The minimum Gasteiger partial charge on any atom is -0.382 e. The summed E-state index contributed by atoms with van der Waals surface area (Å²) < 4.78 is 53.6. The lowest BCUT2D eigenvalue weighted by Crippen LogP contribution is -2.41. The summed E-state index contributed by atoms with van der Waals surface area (Å²) in [5.74, 6) is -1.13. The fourth-order valence-corrected chi connectivity index (χ4v) is 6.05. The first-order chi connectivity index (χ1) is 18.3. The van der Waals surface area contributed by atoms with Crippen molar-refractivity contribution in [3.8, 4) is 11.1 Å². The SMILES string of the molecule is CC1(C)CC(=O)n2c(c(-c3ccc(C(N)=O)c(N[C@H]4CC[C@H](NCC(F)(F)F)CC4)c3)c3ccc(F)cc32)C1. The van der Waals surface area contributed by atoms with Gasteiger partial charge in [0.05, 0.1) is 17.6 Å². The number of nitrogens with two attached hydrogens (primary N) is 1. The molecule has 2 heterocycles. The number of nitrogens with one attached hydrogen (secondary N) is 2. The molecule has 208 valence electrons. The Labute approximate surface area is 223 Å². The van der Waals surface area contributed by atoms with E-state index in [1.165, 1.54) is 12.1 Å². The molecule has 1 amide bonds. The zero-order valence-electron chi connectivity index (χ0n) is 21.9. The Morgan fingerprint density at radius 2 is 1.74 bits per heavy atom. The third-order valence-electron chi connectivity index (χ3n) is 7.81. The van der Waals surface area contributed by atoms with E-state index in [0.717, 1.165) is 22.2 Å². The second kappa shape index (κ2) is 9.97. The van der Waals surface area contributed by atoms with Gasteiger partial charge in [0, 0.05) is 40.8 Å². The van der Waals surface area contributed by atoms with E-state index in [9.17, 15) is 27.2 Å². The molecular weight excluding hydrogens is 512 g/mol. The van der Waals surface area contributed by atoms with Crippen LogP contribution in [-0.2, 0) is 6.42 Å². The maximum atomic E-state index is 14.3. The number of primary amides is 1. The van der Waals surface area contributed by atoms with E-state index in [0.29, 0.717) is 55.3 Å². The van der Waals surface area contributed by atoms with Gasteiger partial charge in [-0.3, -0.25) is 14.2 Å². The molecule has 0 atom stereocenters. The third-order valence-corrected chi connectivity index (χ3v) is 7.81. The first-order valence-electron chi connectivity index (χ1n) is 13.2. The normalized spacial score (nSPS) is 21.1. The molecule has 3 aromatic rings. The van der Waals surface area contributed by atoms with Crippen LogP contribution in [0.4, 0.5) is 23.2 Å². The van der Waals surface area contributed by atoms with Gasteiger partial charge in [-0.2, -0.15) is 13.2 Å². The number of halogens is 4. The van der Waals surface area contributed by atoms with Gasteiger partial charge < -0.3 is 16.4 Å². The molecule has 6 nitrogen and oxygen atoms in total. The summed E-state index contributed by atoms with van der Waals surface area (Å²) in [5, 5.41) is 6.73. The van der Waals surface area contributed by atoms with Gasteiger partial charge in [-0.05, 0) is 73.4 Å². The van der Waals surface area contributed by atoms with Gasteiger partial charge in [0.25, 0.3) is 5.91 Å². The lowest BCUT2D eigenvalue weighted by Gasteiger charge is -2.31. The molecule has 0 radical (unpaired) electrons. The molecule has 39 heavy (non-hydrogen) atoms. The summed E-state index contributed by atoms with van der Waals surface area (Å²) in [6, 6.07) is 9.43. The maximum Gasteiger partial charge on any atom is 0.401 e. The number of amides is 1. The Morgan fingerprint density at radius 3 is 2.41 bits per heavy atom. The smallest absolute Gasteiger partial charge is 0.382 e. The number of anilines is 1. The molecule has 1 saturated carbocycles. The van der Waals surface area contributed by atoms with E-state index in [2.05, 4.69) is 10.6 Å². The van der Waals surface area contributed by atoms with E-state index in [1.54, 1.807) is 22.8 Å². The van der Waals surface area contributed by atoms with Crippen LogP contribution in [0.1, 0.15) is 66.8 Å². The van der Waals surface area contributed by atoms with Gasteiger partial charge in [-0.1, -0.05) is 19.9 Å². The number of nitrogens with zero attached hydrogens (tertiary/aromatic N) is 1. The second-order valence-corrected chi connectivity index (χ2v) is 11.5. The van der Waals surface area contributed by atoms with Crippen molar-refractivity contribution in [3.63, 3.8) is 0 Å². The topological polar surface area (TPSA) is 89.2 Å². The fraction of sp³-hybridized carbons (Fsp3) is 0.448. The van der Waals surface area contributed by atoms with Crippen molar-refractivity contribution in [2.45, 2.75) is 70.6 Å². The van der Waals surface area contributed by atoms with Crippen LogP contribution in [0.25, 0.3) is 22.0 Å². The van der Waals surface area contributed by atoms with Gasteiger partial charge in [0.1, 0.15) is 5.82 Å². The highest BCUT2D eigenvalue weighted by molar-refractivity contribution is 6.06. The summed E-state index contributed by atoms with van der Waals surface area (Å²) in [6.45, 7) is 3.04. The van der Waals surface area contributed by atoms with Gasteiger partial charge in [0.15, 0.2) is 0 Å². The van der Waals surface area contributed by atoms with Gasteiger partial charge in [-0.15, -0.1) is 0 Å². The Hall–Kier alpha value is -3.40. The van der Waals surface area contributed by atoms with E-state index >= 15 is 0 Å². The Morgan fingerprint density at radius 1 is 1.05 bits per heavy atom. The lowest BCUT2D eigenvalue weighted by atomic mass is 9.80. The predicted molar refractivity (Wildman–Crippen MR) is 142 cm³/mol. The quantitative estimate of drug-likeness (QED) is 0.331. The van der Waals surface area contributed by atoms with Gasteiger partial charge in [0.2, 0.25) is 5.91 Å². The Balaban J connectivity index is 1.49. The highest BCUT2D eigenvalue weighted by Crippen LogP contribution is 2.43. The highest BCUT2D eigenvalue weighted by atomic mass is 19.4. The van der Waals surface area contributed by atoms with Crippen molar-refractivity contribution in [2.75, 3.05) is 11.9 Å². The van der Waals surface area contributed by atoms with Crippen LogP contribution in [0.3, 0.4) is 0 Å². The monoisotopic (exact) mass is 544 g/mol. The van der Waals surface area contributed by atoms with Crippen molar-refractivity contribution >= 4 is 28.4 Å². The molecule has 0 bridgehead atoms. The minimum atomic E-state index is -4.25. The number of carbonyl (C=O) groups is 2. The number of benzene rings is 2. The number of carbonyl (C=O) groups excluding carboxylic acids is 2. The summed E-state index contributed by atoms with van der Waals surface area (Å²) in [4.78, 5) is 25.4. The van der Waals surface area contributed by atoms with Crippen LogP contribution in [0.15, 0.2) is 36.4 Å². The minimum absolute atomic E-state index is 0.0448. The fourth-order valence-electron chi connectivity index (χ4n) is 6.05. The van der Waals surface area contributed by atoms with E-state index < -0.39 is 24.4 Å². The molecule has 1 aliphatic carbocycles. The van der Waals surface area contributed by atoms with Crippen molar-refractivity contribution in [1.29, 1.82) is 0 Å². The van der Waals surface area contributed by atoms with Gasteiger partial charge in [-0.25, -0.2) is 4.39 Å². The summed E-state index contributed by atoms with van der Waals surface area (Å²) in [7, 11) is 0. The first-order valence-corrected chi connectivity index (χ1v) is 13.2. The molecule has 4 N–H and O–H groups in total. The van der Waals surface area contributed by atoms with Crippen molar-refractivity contribution in [3.05, 3.63) is 53.5 Å². The molecule has 0 spiro atoms. The molecule has 10 heteroatoms. The summed E-state index contributed by atoms with van der Waals surface area (Å²) in [5.41, 5.74) is 9.12. The largest absolute Gasteiger partial charge is 0.401 e. The molecular formula is C29H32F4N4O2. The van der Waals surface area contributed by atoms with Crippen LogP contribution >= 0.6 is 0 Å². The van der Waals surface area contributed by atoms with Crippen LogP contribution in [0.2, 0.25) is 0 Å². The van der Waals surface area contributed by atoms with E-state index in [1.807, 2.05) is 19.9 Å². The van der Waals surface area contributed by atoms with Gasteiger partial charge >= 0.3 is 6.18 Å². The van der Waals surface area contributed by atoms with E-state index in [4.69, 9.17) is 5.73 Å². The average Bonchev–Trinajstić information content (AvgIpc) is 3.15. The molecule has 1 fully saturated rings. The molecule has 2 aromatic carbocycles. The van der Waals surface area contributed by atoms with Crippen molar-refractivity contribution in [2.24, 2.45) is 11.1 Å². The molecule has 1 aromatic heterocycles. The van der Waals surface area contributed by atoms with Crippen LogP contribution < -0.4 is 16.4 Å². The summed E-state index contributed by atoms with van der Waals surface area (Å²) >= 11 is 0. The lowest BCUT2D eigenvalue weighted by molar-refractivity contribution is -0.126. The number of alkyl halides is 3. The molecule has 1 aliphatic heterocycles. The highest BCUT2D eigenvalue weighted by Gasteiger charge is 2.35. The van der Waals surface area contributed by atoms with Crippen molar-refractivity contribution in [1.82, 2.24) is 9.88 Å². The number of fused-ring (bicyclic) bond motifs is 3. The molecule has 0 saturated heterocycles. The standard InChI is InChI=1S/C29H32F4N4O2/c1-28(2)13-24-26(21-10-4-17(30)12-23(21)37(24)25(38)14-28)16-3-9-20(27(34)39)22(11-16)36-19-7-5-18(6-8-19)35-15-29(31,32)33/h3-4,9-12,18-19,35-36H,5-8,13-15H2,1-2H3,(H2,34,39)/t18-,19-. The zero-order chi connectivity index (χ0) is 28.1. The Bertz CT molecular complexity index is 1440. The predicted octanol–water partition coefficient (Wildman–Crippen LogP) is 6.03. The average molecular weight is 545 g/mol. The molecule has 5 rings (SSSR count). The maximum absolute atomic E-state index is 14.3. The number of hydrogen-bond acceptors (Lipinski definition) is 4. The number of aromatic nitrogens is 1. The Kier molecular flexibility index (Phi) is 6.95. The van der Waals surface area contributed by atoms with Crippen LogP contribution in [0, 0.1) is 11.2 Å². The second-order valence-electron chi connectivity index (χ2n) is 11.5. The molecule has 2 aliphatic rings. The third kappa shape index (κ3) is 5.66. The van der Waals surface area contributed by atoms with Crippen LogP contribution in [-0.4, -0.2) is 41.2 Å². The summed E-state index contributed by atoms with van der Waals surface area (Å²) in [6.07, 6.45) is -0.901. The number of hydrogen-bond donors (Lipinski definition) is 3. The number of rotatable bonds is 6.